The number of pyridine rings is 1. The maximum Gasteiger partial charge on any atom is 0.263 e. The number of aliphatic hydroxyl groups excluding tert-OH is 1. The van der Waals surface area contributed by atoms with Crippen molar-refractivity contribution in [2.24, 2.45) is 0 Å². The van der Waals surface area contributed by atoms with Gasteiger partial charge in [0, 0.05) is 44.6 Å². The second kappa shape index (κ2) is 6.39. The molecule has 1 heterocycles. The lowest BCUT2D eigenvalue weighted by atomic mass is 10.3. The Hall–Kier alpha value is -1.68. The van der Waals surface area contributed by atoms with Gasteiger partial charge in [-0.3, -0.25) is 9.55 Å². The van der Waals surface area contributed by atoms with Crippen molar-refractivity contribution < 1.29 is 14.2 Å². The van der Waals surface area contributed by atoms with Crippen molar-refractivity contribution in [3.63, 3.8) is 0 Å². The van der Waals surface area contributed by atoms with Crippen LogP contribution in [0.15, 0.2) is 48.8 Å². The molecule has 0 saturated heterocycles. The van der Waals surface area contributed by atoms with Crippen molar-refractivity contribution in [3.05, 3.63) is 54.4 Å². The topological polar surface area (TPSA) is 62.7 Å². The summed E-state index contributed by atoms with van der Waals surface area (Å²) in [5.74, 6) is -1.21. The Balaban J connectivity index is 2.39. The van der Waals surface area contributed by atoms with E-state index in [0.717, 1.165) is 5.69 Å². The number of benzene rings is 1. The Morgan fingerprint density at radius 3 is 2.19 bits per heavy atom. The highest BCUT2D eigenvalue weighted by Gasteiger charge is 2.35. The van der Waals surface area contributed by atoms with Crippen molar-refractivity contribution in [1.82, 2.24) is 4.98 Å². The van der Waals surface area contributed by atoms with Gasteiger partial charge in [0.15, 0.2) is 5.85 Å². The second-order valence-corrected chi connectivity index (χ2v) is 7.41. The minimum atomic E-state index is -3.41. The first kappa shape index (κ1) is 15.7. The number of aliphatic hydroxyl groups is 1. The van der Waals surface area contributed by atoms with E-state index < -0.39 is 13.2 Å². The van der Waals surface area contributed by atoms with Crippen LogP contribution in [0, 0.1) is 0 Å². The predicted molar refractivity (Wildman–Crippen MR) is 84.2 cm³/mol. The van der Waals surface area contributed by atoms with Gasteiger partial charge in [-0.25, -0.2) is 0 Å². The van der Waals surface area contributed by atoms with Gasteiger partial charge in [-0.05, 0) is 42.0 Å². The number of hydrogen-bond donors (Lipinski definition) is 1. The summed E-state index contributed by atoms with van der Waals surface area (Å²) in [7, 11) is 1.80. The van der Waals surface area contributed by atoms with Crippen LogP contribution in [0.4, 0.5) is 5.69 Å². The zero-order chi connectivity index (χ0) is 15.5. The average molecular weight is 306 g/mol. The summed E-state index contributed by atoms with van der Waals surface area (Å²) in [6.07, 6.45) is 3.10. The molecule has 2 atom stereocenters. The molecule has 112 valence electrons. The molecule has 0 aliphatic carbocycles. The van der Waals surface area contributed by atoms with Crippen molar-refractivity contribution in [2.45, 2.75) is 5.85 Å². The largest absolute Gasteiger partial charge is 0.378 e. The van der Waals surface area contributed by atoms with E-state index in [0.29, 0.717) is 10.9 Å². The quantitative estimate of drug-likeness (QED) is 0.859. The van der Waals surface area contributed by atoms with Crippen LogP contribution in [0.5, 0.6) is 0 Å². The third kappa shape index (κ3) is 3.16. The summed E-state index contributed by atoms with van der Waals surface area (Å²) in [5.41, 5.74) is 1.51. The third-order valence-electron chi connectivity index (χ3n) is 3.32. The lowest BCUT2D eigenvalue weighted by Crippen LogP contribution is -2.15. The van der Waals surface area contributed by atoms with Crippen molar-refractivity contribution in [1.29, 1.82) is 0 Å². The molecule has 0 unspecified atom stereocenters. The summed E-state index contributed by atoms with van der Waals surface area (Å²) >= 11 is 0. The molecule has 0 amide bonds. The summed E-state index contributed by atoms with van der Waals surface area (Å²) in [6, 6.07) is 10.4. The van der Waals surface area contributed by atoms with Crippen molar-refractivity contribution in [3.8, 4) is 0 Å². The van der Waals surface area contributed by atoms with Crippen LogP contribution in [0.3, 0.4) is 0 Å². The zero-order valence-electron chi connectivity index (χ0n) is 12.3. The molecule has 0 bridgehead atoms. The molecule has 0 aliphatic rings. The summed E-state index contributed by atoms with van der Waals surface area (Å²) in [6.45, 7) is 0. The Bertz CT molecular complexity index is 629. The molecule has 6 heteroatoms. The van der Waals surface area contributed by atoms with Crippen LogP contribution in [-0.4, -0.2) is 31.3 Å². The molecule has 0 spiro atoms. The van der Waals surface area contributed by atoms with E-state index in [1.54, 1.807) is 36.7 Å². The highest BCUT2D eigenvalue weighted by molar-refractivity contribution is 7.67. The van der Waals surface area contributed by atoms with Gasteiger partial charge in [0.1, 0.15) is 0 Å². The van der Waals surface area contributed by atoms with Gasteiger partial charge >= 0.3 is 0 Å². The predicted octanol–water partition coefficient (Wildman–Crippen LogP) is 2.39. The van der Waals surface area contributed by atoms with Gasteiger partial charge in [0.25, 0.3) is 7.37 Å². The number of hydrogen-bond acceptors (Lipinski definition) is 5. The number of nitrogens with zero attached hydrogens (tertiary/aromatic N) is 2. The minimum absolute atomic E-state index is 0.486. The van der Waals surface area contributed by atoms with Gasteiger partial charge in [0.2, 0.25) is 0 Å². The Morgan fingerprint density at radius 2 is 1.71 bits per heavy atom. The van der Waals surface area contributed by atoms with Crippen LogP contribution in [0.1, 0.15) is 11.4 Å². The van der Waals surface area contributed by atoms with E-state index in [1.165, 1.54) is 7.11 Å². The van der Waals surface area contributed by atoms with Crippen molar-refractivity contribution >= 4 is 18.4 Å². The third-order valence-corrected chi connectivity index (χ3v) is 5.83. The van der Waals surface area contributed by atoms with Crippen LogP contribution in [0.25, 0.3) is 0 Å². The molecular weight excluding hydrogens is 287 g/mol. The molecular formula is C15H19N2O3P. The first-order chi connectivity index (χ1) is 9.99. The second-order valence-electron chi connectivity index (χ2n) is 4.84. The highest BCUT2D eigenvalue weighted by atomic mass is 31.2. The molecule has 0 radical (unpaired) electrons. The molecule has 2 rings (SSSR count). The average Bonchev–Trinajstić information content (AvgIpc) is 2.54. The van der Waals surface area contributed by atoms with E-state index >= 15 is 0 Å². The Labute approximate surface area is 124 Å². The number of anilines is 1. The number of rotatable bonds is 5. The van der Waals surface area contributed by atoms with Gasteiger partial charge in [-0.2, -0.15) is 0 Å². The van der Waals surface area contributed by atoms with E-state index in [-0.39, 0.29) is 0 Å². The van der Waals surface area contributed by atoms with E-state index in [4.69, 9.17) is 4.52 Å². The molecule has 0 fully saturated rings. The van der Waals surface area contributed by atoms with Gasteiger partial charge < -0.3 is 14.5 Å². The molecule has 1 aromatic carbocycles. The lowest BCUT2D eigenvalue weighted by molar-refractivity contribution is 0.228. The maximum atomic E-state index is 13.1. The molecule has 2 aromatic rings. The first-order valence-electron chi connectivity index (χ1n) is 6.50. The summed E-state index contributed by atoms with van der Waals surface area (Å²) < 4.78 is 18.3. The molecule has 1 aromatic heterocycles. The molecule has 0 saturated carbocycles. The van der Waals surface area contributed by atoms with Crippen LogP contribution in [-0.2, 0) is 9.09 Å². The van der Waals surface area contributed by atoms with Crippen LogP contribution >= 0.6 is 7.37 Å². The van der Waals surface area contributed by atoms with Crippen LogP contribution in [0.2, 0.25) is 0 Å². The van der Waals surface area contributed by atoms with E-state index in [2.05, 4.69) is 4.98 Å². The van der Waals surface area contributed by atoms with E-state index in [1.807, 2.05) is 31.1 Å². The Kier molecular flexibility index (Phi) is 4.78. The highest BCUT2D eigenvalue weighted by Crippen LogP contribution is 2.56. The van der Waals surface area contributed by atoms with Crippen LogP contribution < -0.4 is 10.2 Å². The SMILES string of the molecule is CO[P@](=O)(c1ccc(N(C)C)cc1)[C@@H](O)c1ccncc1. The summed E-state index contributed by atoms with van der Waals surface area (Å²) in [4.78, 5) is 5.84. The lowest BCUT2D eigenvalue weighted by Gasteiger charge is -2.23. The Morgan fingerprint density at radius 1 is 1.14 bits per heavy atom. The van der Waals surface area contributed by atoms with Gasteiger partial charge in [-0.1, -0.05) is 0 Å². The van der Waals surface area contributed by atoms with E-state index in [9.17, 15) is 9.67 Å². The summed E-state index contributed by atoms with van der Waals surface area (Å²) in [5, 5.41) is 10.9. The smallest absolute Gasteiger partial charge is 0.263 e. The zero-order valence-corrected chi connectivity index (χ0v) is 13.2. The maximum absolute atomic E-state index is 13.1. The standard InChI is InChI=1S/C15H19N2O3P/c1-17(2)13-4-6-14(7-5-13)21(19,20-3)15(18)12-8-10-16-11-9-12/h4-11,15,18H,1-3H3/t15-,21-/m1/s1. The first-order valence-corrected chi connectivity index (χ1v) is 8.20. The minimum Gasteiger partial charge on any atom is -0.378 e. The molecule has 5 nitrogen and oxygen atoms in total. The van der Waals surface area contributed by atoms with Crippen molar-refractivity contribution in [2.75, 3.05) is 26.1 Å². The molecule has 21 heavy (non-hydrogen) atoms. The number of aromatic nitrogens is 1. The fourth-order valence-corrected chi connectivity index (χ4v) is 3.86. The fourth-order valence-electron chi connectivity index (χ4n) is 2.04. The van der Waals surface area contributed by atoms with Gasteiger partial charge in [0.05, 0.1) is 0 Å². The molecule has 0 aliphatic heterocycles. The van der Waals surface area contributed by atoms with Gasteiger partial charge in [-0.15, -0.1) is 0 Å². The molecule has 1 N–H and O–H groups in total. The fraction of sp³-hybridized carbons (Fsp3) is 0.267. The normalized spacial score (nSPS) is 15.2. The monoisotopic (exact) mass is 306 g/mol.